The lowest BCUT2D eigenvalue weighted by Gasteiger charge is -2.11. The van der Waals surface area contributed by atoms with Gasteiger partial charge in [-0.1, -0.05) is 23.7 Å². The van der Waals surface area contributed by atoms with Crippen molar-refractivity contribution in [1.29, 1.82) is 0 Å². The molecule has 1 aliphatic heterocycles. The van der Waals surface area contributed by atoms with Gasteiger partial charge in [0.25, 0.3) is 0 Å². The molecule has 7 heteroatoms. The van der Waals surface area contributed by atoms with Gasteiger partial charge in [-0.2, -0.15) is 0 Å². The second kappa shape index (κ2) is 8.01. The first kappa shape index (κ1) is 18.3. The van der Waals surface area contributed by atoms with Crippen LogP contribution >= 0.6 is 36.4 Å². The van der Waals surface area contributed by atoms with E-state index in [1.807, 2.05) is 24.3 Å². The van der Waals surface area contributed by atoms with E-state index in [1.165, 1.54) is 0 Å². The van der Waals surface area contributed by atoms with Gasteiger partial charge >= 0.3 is 0 Å². The van der Waals surface area contributed by atoms with Crippen LogP contribution in [0.3, 0.4) is 0 Å². The fraction of sp³-hybridized carbons (Fsp3) is 0.357. The Morgan fingerprint density at radius 1 is 1.38 bits per heavy atom. The van der Waals surface area contributed by atoms with E-state index in [1.54, 1.807) is 6.20 Å². The second-order valence-corrected chi connectivity index (χ2v) is 5.35. The van der Waals surface area contributed by atoms with Crippen molar-refractivity contribution < 1.29 is 4.42 Å². The lowest BCUT2D eigenvalue weighted by molar-refractivity contribution is 0.289. The Balaban J connectivity index is 0.00000110. The molecule has 1 aromatic heterocycles. The van der Waals surface area contributed by atoms with Crippen molar-refractivity contribution in [1.82, 2.24) is 9.88 Å². The normalized spacial score (nSPS) is 18.1. The van der Waals surface area contributed by atoms with Crippen LogP contribution in [0.15, 0.2) is 34.9 Å². The highest BCUT2D eigenvalue weighted by Gasteiger charge is 2.20. The van der Waals surface area contributed by atoms with Gasteiger partial charge in [-0.05, 0) is 18.6 Å². The Morgan fingerprint density at radius 3 is 2.86 bits per heavy atom. The van der Waals surface area contributed by atoms with E-state index in [4.69, 9.17) is 21.8 Å². The number of benzene rings is 1. The third-order valence-electron chi connectivity index (χ3n) is 3.33. The fourth-order valence-corrected chi connectivity index (χ4v) is 2.55. The number of aromatic nitrogens is 1. The molecule has 1 saturated heterocycles. The molecule has 1 atom stereocenters. The maximum atomic E-state index is 5.97. The van der Waals surface area contributed by atoms with Crippen LogP contribution in [-0.2, 0) is 6.54 Å². The summed E-state index contributed by atoms with van der Waals surface area (Å²) >= 11 is 5.97. The molecule has 0 saturated carbocycles. The maximum absolute atomic E-state index is 5.97. The van der Waals surface area contributed by atoms with E-state index in [0.29, 0.717) is 11.6 Å². The highest BCUT2D eigenvalue weighted by Crippen LogP contribution is 2.24. The SMILES string of the molecule is Cl.Cl.NC1CCN(Cc2ncc(-c3cccc(Cl)c3)o2)C1. The highest BCUT2D eigenvalue weighted by atomic mass is 35.5. The summed E-state index contributed by atoms with van der Waals surface area (Å²) in [6.07, 6.45) is 2.79. The first-order valence-electron chi connectivity index (χ1n) is 6.39. The van der Waals surface area contributed by atoms with Crippen molar-refractivity contribution in [2.24, 2.45) is 5.73 Å². The van der Waals surface area contributed by atoms with Crippen LogP contribution < -0.4 is 5.73 Å². The van der Waals surface area contributed by atoms with Crippen LogP contribution in [-0.4, -0.2) is 29.0 Å². The summed E-state index contributed by atoms with van der Waals surface area (Å²) in [5, 5.41) is 0.695. The van der Waals surface area contributed by atoms with E-state index < -0.39 is 0 Å². The van der Waals surface area contributed by atoms with Gasteiger partial charge in [-0.25, -0.2) is 4.98 Å². The quantitative estimate of drug-likeness (QED) is 0.922. The summed E-state index contributed by atoms with van der Waals surface area (Å²) in [6.45, 7) is 2.64. The minimum Gasteiger partial charge on any atom is -0.439 e. The highest BCUT2D eigenvalue weighted by molar-refractivity contribution is 6.30. The number of hydrogen-bond acceptors (Lipinski definition) is 4. The van der Waals surface area contributed by atoms with Crippen molar-refractivity contribution in [3.8, 4) is 11.3 Å². The van der Waals surface area contributed by atoms with Crippen molar-refractivity contribution in [3.05, 3.63) is 41.4 Å². The Labute approximate surface area is 141 Å². The molecule has 2 aromatic rings. The number of likely N-dealkylation sites (tertiary alicyclic amines) is 1. The van der Waals surface area contributed by atoms with E-state index >= 15 is 0 Å². The van der Waals surface area contributed by atoms with Gasteiger partial charge in [0.1, 0.15) is 0 Å². The first-order valence-corrected chi connectivity index (χ1v) is 6.77. The predicted octanol–water partition coefficient (Wildman–Crippen LogP) is 3.37. The van der Waals surface area contributed by atoms with Crippen LogP contribution in [0.2, 0.25) is 5.02 Å². The Hall–Kier alpha value is -0.780. The van der Waals surface area contributed by atoms with Crippen LogP contribution in [0.5, 0.6) is 0 Å². The monoisotopic (exact) mass is 349 g/mol. The zero-order chi connectivity index (χ0) is 13.2. The molecular weight excluding hydrogens is 333 g/mol. The number of hydrogen-bond donors (Lipinski definition) is 1. The molecular formula is C14H18Cl3N3O. The average Bonchev–Trinajstić information content (AvgIpc) is 2.99. The topological polar surface area (TPSA) is 55.3 Å². The average molecular weight is 351 g/mol. The fourth-order valence-electron chi connectivity index (χ4n) is 2.36. The predicted molar refractivity (Wildman–Crippen MR) is 89.3 cm³/mol. The summed E-state index contributed by atoms with van der Waals surface area (Å²) in [6, 6.07) is 7.86. The summed E-state index contributed by atoms with van der Waals surface area (Å²) < 4.78 is 5.77. The molecule has 116 valence electrons. The Bertz CT molecular complexity index is 576. The van der Waals surface area contributed by atoms with Gasteiger partial charge in [0.2, 0.25) is 5.89 Å². The molecule has 0 aliphatic carbocycles. The summed E-state index contributed by atoms with van der Waals surface area (Å²) in [5.74, 6) is 1.48. The third kappa shape index (κ3) is 4.59. The minimum absolute atomic E-state index is 0. The van der Waals surface area contributed by atoms with Crippen LogP contribution in [0.25, 0.3) is 11.3 Å². The van der Waals surface area contributed by atoms with Crippen LogP contribution in [0.4, 0.5) is 0 Å². The van der Waals surface area contributed by atoms with Gasteiger partial charge in [-0.3, -0.25) is 4.90 Å². The van der Waals surface area contributed by atoms with E-state index in [9.17, 15) is 0 Å². The van der Waals surface area contributed by atoms with Gasteiger partial charge < -0.3 is 10.2 Å². The molecule has 4 nitrogen and oxygen atoms in total. The molecule has 2 heterocycles. The largest absolute Gasteiger partial charge is 0.439 e. The van der Waals surface area contributed by atoms with Gasteiger partial charge in [0.15, 0.2) is 5.76 Å². The van der Waals surface area contributed by atoms with E-state index in [0.717, 1.165) is 36.7 Å². The molecule has 21 heavy (non-hydrogen) atoms. The minimum atomic E-state index is 0. The molecule has 3 rings (SSSR count). The molecule has 1 aromatic carbocycles. The molecule has 1 aliphatic rings. The smallest absolute Gasteiger partial charge is 0.209 e. The first-order chi connectivity index (χ1) is 9.20. The van der Waals surface area contributed by atoms with Gasteiger partial charge in [0, 0.05) is 29.7 Å². The molecule has 0 bridgehead atoms. The summed E-state index contributed by atoms with van der Waals surface area (Å²) in [4.78, 5) is 6.58. The zero-order valence-corrected chi connectivity index (χ0v) is 13.8. The second-order valence-electron chi connectivity index (χ2n) is 4.91. The van der Waals surface area contributed by atoms with E-state index in [-0.39, 0.29) is 30.9 Å². The molecule has 1 unspecified atom stereocenters. The lowest BCUT2D eigenvalue weighted by atomic mass is 10.2. The standard InChI is InChI=1S/C14H16ClN3O.2ClH/c15-11-3-1-2-10(6-11)13-7-17-14(19-13)9-18-5-4-12(16)8-18;;/h1-3,6-7,12H,4-5,8-9,16H2;2*1H. The Kier molecular flexibility index (Phi) is 6.97. The van der Waals surface area contributed by atoms with Gasteiger partial charge in [-0.15, -0.1) is 24.8 Å². The lowest BCUT2D eigenvalue weighted by Crippen LogP contribution is -2.26. The number of halogens is 3. The van der Waals surface area contributed by atoms with Gasteiger partial charge in [0.05, 0.1) is 12.7 Å². The van der Waals surface area contributed by atoms with Crippen LogP contribution in [0.1, 0.15) is 12.3 Å². The summed E-state index contributed by atoms with van der Waals surface area (Å²) in [5.41, 5.74) is 6.83. The number of nitrogens with two attached hydrogens (primary N) is 1. The molecule has 0 spiro atoms. The van der Waals surface area contributed by atoms with Crippen molar-refractivity contribution >= 4 is 36.4 Å². The maximum Gasteiger partial charge on any atom is 0.209 e. The number of oxazole rings is 1. The van der Waals surface area contributed by atoms with Crippen molar-refractivity contribution in [2.75, 3.05) is 13.1 Å². The van der Waals surface area contributed by atoms with E-state index in [2.05, 4.69) is 9.88 Å². The number of nitrogens with zero attached hydrogens (tertiary/aromatic N) is 2. The molecule has 1 fully saturated rings. The van der Waals surface area contributed by atoms with Crippen molar-refractivity contribution in [2.45, 2.75) is 19.0 Å². The summed E-state index contributed by atoms with van der Waals surface area (Å²) in [7, 11) is 0. The van der Waals surface area contributed by atoms with Crippen LogP contribution in [0, 0.1) is 0 Å². The Morgan fingerprint density at radius 2 is 2.19 bits per heavy atom. The third-order valence-corrected chi connectivity index (χ3v) is 3.57. The number of rotatable bonds is 3. The molecule has 0 radical (unpaired) electrons. The zero-order valence-electron chi connectivity index (χ0n) is 11.4. The molecule has 0 amide bonds. The van der Waals surface area contributed by atoms with Crippen molar-refractivity contribution in [3.63, 3.8) is 0 Å². The molecule has 2 N–H and O–H groups in total.